The summed E-state index contributed by atoms with van der Waals surface area (Å²) >= 11 is 0. The number of aromatic nitrogens is 1. The maximum Gasteiger partial charge on any atom is 0.371 e. The van der Waals surface area contributed by atoms with Crippen molar-refractivity contribution in [2.45, 2.75) is 0 Å². The second kappa shape index (κ2) is 4.53. The number of ether oxygens (including phenoxy) is 1. The molecule has 0 radical (unpaired) electrons. The Bertz CT molecular complexity index is 497. The minimum absolute atomic E-state index is 0.359. The van der Waals surface area contributed by atoms with Crippen molar-refractivity contribution < 1.29 is 18.9 Å². The van der Waals surface area contributed by atoms with Gasteiger partial charge in [-0.25, -0.2) is 4.39 Å². The van der Waals surface area contributed by atoms with E-state index in [1.54, 1.807) is 24.3 Å². The first-order chi connectivity index (χ1) is 7.78. The van der Waals surface area contributed by atoms with Crippen LogP contribution >= 0.6 is 0 Å². The predicted octanol–water partition coefficient (Wildman–Crippen LogP) is 2.24. The molecule has 0 aliphatic carbocycles. The Balaban J connectivity index is 2.17. The van der Waals surface area contributed by atoms with E-state index in [-0.39, 0.29) is 5.82 Å². The molecule has 0 unspecified atom stereocenters. The second-order valence-electron chi connectivity index (χ2n) is 3.16. The highest BCUT2D eigenvalue weighted by molar-refractivity contribution is 5.73. The van der Waals surface area contributed by atoms with Crippen LogP contribution in [-0.4, -0.2) is 6.29 Å². The van der Waals surface area contributed by atoms with Crippen LogP contribution in [0.25, 0.3) is 0 Å². The van der Waals surface area contributed by atoms with Gasteiger partial charge in [-0.2, -0.15) is 4.98 Å². The van der Waals surface area contributed by atoms with E-state index in [2.05, 4.69) is 4.98 Å². The third-order valence-corrected chi connectivity index (χ3v) is 1.97. The SMILES string of the molecule is O=Cc1ccc(Oc2cccc(F)c2)[nH+]c1. The van der Waals surface area contributed by atoms with E-state index in [1.165, 1.54) is 18.3 Å². The summed E-state index contributed by atoms with van der Waals surface area (Å²) in [5, 5.41) is 0. The van der Waals surface area contributed by atoms with E-state index in [9.17, 15) is 9.18 Å². The summed E-state index contributed by atoms with van der Waals surface area (Å²) in [4.78, 5) is 13.2. The second-order valence-corrected chi connectivity index (χ2v) is 3.16. The number of halogens is 1. The van der Waals surface area contributed by atoms with Crippen LogP contribution in [0.4, 0.5) is 4.39 Å². The van der Waals surface area contributed by atoms with Crippen molar-refractivity contribution in [3.05, 3.63) is 54.0 Å². The lowest BCUT2D eigenvalue weighted by molar-refractivity contribution is -0.391. The molecule has 0 saturated carbocycles. The number of rotatable bonds is 3. The molecule has 1 aromatic carbocycles. The molecule has 2 rings (SSSR count). The Hall–Kier alpha value is -2.23. The van der Waals surface area contributed by atoms with Crippen molar-refractivity contribution in [1.29, 1.82) is 0 Å². The molecule has 1 heterocycles. The van der Waals surface area contributed by atoms with Gasteiger partial charge in [-0.15, -0.1) is 0 Å². The Kier molecular flexibility index (Phi) is 2.91. The highest BCUT2D eigenvalue weighted by Crippen LogP contribution is 2.17. The molecule has 0 spiro atoms. The minimum Gasteiger partial charge on any atom is -0.405 e. The first-order valence-corrected chi connectivity index (χ1v) is 4.68. The molecule has 4 heteroatoms. The van der Waals surface area contributed by atoms with Gasteiger partial charge in [0.1, 0.15) is 11.6 Å². The van der Waals surface area contributed by atoms with Crippen molar-refractivity contribution in [2.24, 2.45) is 0 Å². The standard InChI is InChI=1S/C12H8FNO2/c13-10-2-1-3-11(6-10)16-12-5-4-9(8-15)7-14-12/h1-8H/p+1. The van der Waals surface area contributed by atoms with Crippen LogP contribution in [0.5, 0.6) is 11.6 Å². The van der Waals surface area contributed by atoms with Gasteiger partial charge in [0, 0.05) is 6.07 Å². The number of pyridine rings is 1. The lowest BCUT2D eigenvalue weighted by atomic mass is 10.3. The average molecular weight is 218 g/mol. The predicted molar refractivity (Wildman–Crippen MR) is 54.9 cm³/mol. The quantitative estimate of drug-likeness (QED) is 0.741. The molecule has 1 aromatic heterocycles. The number of carbonyl (C=O) groups excluding carboxylic acids is 1. The van der Waals surface area contributed by atoms with Crippen LogP contribution in [0, 0.1) is 5.82 Å². The molecule has 0 aliphatic rings. The zero-order valence-corrected chi connectivity index (χ0v) is 8.31. The van der Waals surface area contributed by atoms with Gasteiger partial charge in [-0.1, -0.05) is 6.07 Å². The van der Waals surface area contributed by atoms with Crippen molar-refractivity contribution in [3.63, 3.8) is 0 Å². The highest BCUT2D eigenvalue weighted by atomic mass is 19.1. The molecule has 16 heavy (non-hydrogen) atoms. The average Bonchev–Trinajstić information content (AvgIpc) is 2.30. The number of hydrogen-bond donors (Lipinski definition) is 0. The van der Waals surface area contributed by atoms with Crippen LogP contribution in [0.3, 0.4) is 0 Å². The molecule has 0 saturated heterocycles. The third kappa shape index (κ3) is 2.42. The van der Waals surface area contributed by atoms with E-state index in [4.69, 9.17) is 4.74 Å². The maximum atomic E-state index is 12.9. The summed E-state index contributed by atoms with van der Waals surface area (Å²) in [6, 6.07) is 9.04. The smallest absolute Gasteiger partial charge is 0.371 e. The Labute approximate surface area is 91.5 Å². The molecule has 80 valence electrons. The number of H-pyrrole nitrogens is 1. The van der Waals surface area contributed by atoms with Crippen molar-refractivity contribution in [2.75, 3.05) is 0 Å². The zero-order valence-electron chi connectivity index (χ0n) is 8.31. The summed E-state index contributed by atoms with van der Waals surface area (Å²) in [6.07, 6.45) is 2.24. The van der Waals surface area contributed by atoms with Gasteiger partial charge in [-0.3, -0.25) is 4.79 Å². The maximum absolute atomic E-state index is 12.9. The van der Waals surface area contributed by atoms with Crippen LogP contribution in [0.2, 0.25) is 0 Å². The Morgan fingerprint density at radius 3 is 2.75 bits per heavy atom. The minimum atomic E-state index is -0.359. The normalized spacial score (nSPS) is 9.81. The van der Waals surface area contributed by atoms with Gasteiger partial charge >= 0.3 is 5.88 Å². The van der Waals surface area contributed by atoms with Gasteiger partial charge in [0.15, 0.2) is 12.5 Å². The highest BCUT2D eigenvalue weighted by Gasteiger charge is 2.05. The lowest BCUT2D eigenvalue weighted by Gasteiger charge is -1.99. The van der Waals surface area contributed by atoms with E-state index in [0.717, 1.165) is 6.29 Å². The molecular formula is C12H9FNO2+. The van der Waals surface area contributed by atoms with Crippen molar-refractivity contribution >= 4 is 6.29 Å². The summed E-state index contributed by atoms with van der Waals surface area (Å²) < 4.78 is 18.2. The fourth-order valence-corrected chi connectivity index (χ4v) is 1.22. The van der Waals surface area contributed by atoms with Gasteiger partial charge in [0.05, 0.1) is 11.6 Å². The van der Waals surface area contributed by atoms with Crippen LogP contribution in [-0.2, 0) is 0 Å². The number of nitrogens with one attached hydrogen (secondary N) is 1. The van der Waals surface area contributed by atoms with Gasteiger partial charge < -0.3 is 4.74 Å². The van der Waals surface area contributed by atoms with Crippen LogP contribution < -0.4 is 9.72 Å². The van der Waals surface area contributed by atoms with Crippen LogP contribution in [0.15, 0.2) is 42.6 Å². The largest absolute Gasteiger partial charge is 0.405 e. The van der Waals surface area contributed by atoms with E-state index in [0.29, 0.717) is 17.2 Å². The molecule has 3 nitrogen and oxygen atoms in total. The fraction of sp³-hybridized carbons (Fsp3) is 0. The van der Waals surface area contributed by atoms with E-state index in [1.807, 2.05) is 0 Å². The summed E-state index contributed by atoms with van der Waals surface area (Å²) in [6.45, 7) is 0. The van der Waals surface area contributed by atoms with E-state index < -0.39 is 0 Å². The van der Waals surface area contributed by atoms with Crippen LogP contribution in [0.1, 0.15) is 10.4 Å². The molecule has 2 aromatic rings. The molecule has 0 atom stereocenters. The Morgan fingerprint density at radius 2 is 2.12 bits per heavy atom. The number of hydrogen-bond acceptors (Lipinski definition) is 2. The number of aldehydes is 1. The van der Waals surface area contributed by atoms with E-state index >= 15 is 0 Å². The molecule has 0 aliphatic heterocycles. The first kappa shape index (κ1) is 10.3. The number of aromatic amines is 1. The number of benzene rings is 1. The molecule has 0 bridgehead atoms. The molecule has 1 N–H and O–H groups in total. The topological polar surface area (TPSA) is 40.4 Å². The monoisotopic (exact) mass is 218 g/mol. The Morgan fingerprint density at radius 1 is 1.25 bits per heavy atom. The van der Waals surface area contributed by atoms with Crippen molar-refractivity contribution in [1.82, 2.24) is 0 Å². The van der Waals surface area contributed by atoms with Gasteiger partial charge in [0.25, 0.3) is 0 Å². The summed E-state index contributed by atoms with van der Waals surface area (Å²) in [5.74, 6) is 0.480. The molecule has 0 fully saturated rings. The molecular weight excluding hydrogens is 209 g/mol. The molecule has 0 amide bonds. The third-order valence-electron chi connectivity index (χ3n) is 1.97. The summed E-state index contributed by atoms with van der Waals surface area (Å²) in [7, 11) is 0. The van der Waals surface area contributed by atoms with Gasteiger partial charge in [-0.05, 0) is 18.2 Å². The number of carbonyl (C=O) groups is 1. The zero-order chi connectivity index (χ0) is 11.4. The first-order valence-electron chi connectivity index (χ1n) is 4.68. The van der Waals surface area contributed by atoms with Gasteiger partial charge in [0.2, 0.25) is 0 Å². The fourth-order valence-electron chi connectivity index (χ4n) is 1.22. The summed E-state index contributed by atoms with van der Waals surface area (Å²) in [5.41, 5.74) is 0.520. The lowest BCUT2D eigenvalue weighted by Crippen LogP contribution is -2.07. The van der Waals surface area contributed by atoms with Crippen molar-refractivity contribution in [3.8, 4) is 11.6 Å².